The molecule has 0 spiro atoms. The number of rotatable bonds is 6. The minimum absolute atomic E-state index is 0.0148. The summed E-state index contributed by atoms with van der Waals surface area (Å²) in [5, 5.41) is 5.23. The van der Waals surface area contributed by atoms with Crippen molar-refractivity contribution in [3.8, 4) is 5.75 Å². The third-order valence-corrected chi connectivity index (χ3v) is 3.90. The van der Waals surface area contributed by atoms with Gasteiger partial charge in [0.05, 0.1) is 13.0 Å². The number of hydrogen-bond acceptors (Lipinski definition) is 2. The van der Waals surface area contributed by atoms with E-state index in [4.69, 9.17) is 4.74 Å². The lowest BCUT2D eigenvalue weighted by molar-refractivity contribution is -0.120. The molecule has 1 N–H and O–H groups in total. The topological polar surface area (TPSA) is 38.3 Å². The molecule has 3 aromatic carbocycles. The minimum Gasteiger partial charge on any atom is -0.492 e. The maximum absolute atomic E-state index is 11.9. The lowest BCUT2D eigenvalue weighted by atomic mass is 10.1. The SMILES string of the molecule is Cc1ccc(CC(=O)NCCOc2ccc3ccccc3c2)cc1. The fraction of sp³-hybridized carbons (Fsp3) is 0.190. The molecule has 0 radical (unpaired) electrons. The zero-order valence-corrected chi connectivity index (χ0v) is 13.8. The van der Waals surface area contributed by atoms with Crippen LogP contribution < -0.4 is 10.1 Å². The van der Waals surface area contributed by atoms with E-state index in [-0.39, 0.29) is 5.91 Å². The third-order valence-electron chi connectivity index (χ3n) is 3.90. The quantitative estimate of drug-likeness (QED) is 0.700. The Kier molecular flexibility index (Phi) is 5.12. The molecule has 122 valence electrons. The summed E-state index contributed by atoms with van der Waals surface area (Å²) >= 11 is 0. The number of benzene rings is 3. The molecule has 1 amide bonds. The van der Waals surface area contributed by atoms with Crippen LogP contribution in [0.1, 0.15) is 11.1 Å². The number of aryl methyl sites for hydroxylation is 1. The summed E-state index contributed by atoms with van der Waals surface area (Å²) in [6, 6.07) is 22.2. The van der Waals surface area contributed by atoms with Crippen LogP contribution >= 0.6 is 0 Å². The van der Waals surface area contributed by atoms with Crippen molar-refractivity contribution in [3.05, 3.63) is 77.9 Å². The monoisotopic (exact) mass is 319 g/mol. The molecular formula is C21H21NO2. The number of hydrogen-bond donors (Lipinski definition) is 1. The molecule has 0 unspecified atom stereocenters. The summed E-state index contributed by atoms with van der Waals surface area (Å²) < 4.78 is 5.72. The highest BCUT2D eigenvalue weighted by Crippen LogP contribution is 2.20. The number of amides is 1. The molecule has 0 fully saturated rings. The first-order valence-corrected chi connectivity index (χ1v) is 8.14. The highest BCUT2D eigenvalue weighted by Gasteiger charge is 2.03. The van der Waals surface area contributed by atoms with E-state index in [1.807, 2.05) is 61.5 Å². The molecule has 0 saturated heterocycles. The Morgan fingerprint density at radius 1 is 0.958 bits per heavy atom. The summed E-state index contributed by atoms with van der Waals surface area (Å²) in [4.78, 5) is 11.9. The van der Waals surface area contributed by atoms with Crippen molar-refractivity contribution in [2.45, 2.75) is 13.3 Å². The molecule has 3 aromatic rings. The lowest BCUT2D eigenvalue weighted by Gasteiger charge is -2.09. The first-order valence-electron chi connectivity index (χ1n) is 8.14. The maximum Gasteiger partial charge on any atom is 0.224 e. The molecule has 3 heteroatoms. The molecular weight excluding hydrogens is 298 g/mol. The summed E-state index contributed by atoms with van der Waals surface area (Å²) in [5.74, 6) is 0.836. The Labute approximate surface area is 142 Å². The van der Waals surface area contributed by atoms with Gasteiger partial charge < -0.3 is 10.1 Å². The van der Waals surface area contributed by atoms with Gasteiger partial charge in [-0.25, -0.2) is 0 Å². The van der Waals surface area contributed by atoms with E-state index >= 15 is 0 Å². The molecule has 0 aliphatic heterocycles. The fourth-order valence-electron chi connectivity index (χ4n) is 2.57. The van der Waals surface area contributed by atoms with Crippen LogP contribution in [-0.4, -0.2) is 19.1 Å². The molecule has 0 saturated carbocycles. The summed E-state index contributed by atoms with van der Waals surface area (Å²) in [6.45, 7) is 2.99. The first-order chi connectivity index (χ1) is 11.7. The van der Waals surface area contributed by atoms with Gasteiger partial charge in [0.1, 0.15) is 12.4 Å². The Bertz CT molecular complexity index is 825. The second kappa shape index (κ2) is 7.64. The van der Waals surface area contributed by atoms with Crippen molar-refractivity contribution in [1.82, 2.24) is 5.32 Å². The summed E-state index contributed by atoms with van der Waals surface area (Å²) in [5.41, 5.74) is 2.22. The van der Waals surface area contributed by atoms with E-state index in [0.29, 0.717) is 19.6 Å². The van der Waals surface area contributed by atoms with Crippen molar-refractivity contribution >= 4 is 16.7 Å². The second-order valence-corrected chi connectivity index (χ2v) is 5.87. The zero-order chi connectivity index (χ0) is 16.8. The van der Waals surface area contributed by atoms with Gasteiger partial charge in [-0.15, -0.1) is 0 Å². The smallest absolute Gasteiger partial charge is 0.224 e. The van der Waals surface area contributed by atoms with Crippen LogP contribution in [0.2, 0.25) is 0 Å². The molecule has 0 aromatic heterocycles. The standard InChI is InChI=1S/C21H21NO2/c1-16-6-8-17(9-7-16)14-21(23)22-12-13-24-20-11-10-18-4-2-3-5-19(18)15-20/h2-11,15H,12-14H2,1H3,(H,22,23). The van der Waals surface area contributed by atoms with Crippen LogP contribution in [0.5, 0.6) is 5.75 Å². The van der Waals surface area contributed by atoms with Crippen LogP contribution in [0, 0.1) is 6.92 Å². The zero-order valence-electron chi connectivity index (χ0n) is 13.8. The molecule has 0 bridgehead atoms. The van der Waals surface area contributed by atoms with Gasteiger partial charge in [-0.05, 0) is 35.4 Å². The normalized spacial score (nSPS) is 10.5. The largest absolute Gasteiger partial charge is 0.492 e. The Morgan fingerprint density at radius 2 is 1.71 bits per heavy atom. The molecule has 24 heavy (non-hydrogen) atoms. The van der Waals surface area contributed by atoms with E-state index < -0.39 is 0 Å². The first kappa shape index (κ1) is 16.1. The number of carbonyl (C=O) groups excluding carboxylic acids is 1. The number of nitrogens with one attached hydrogen (secondary N) is 1. The molecule has 0 aliphatic carbocycles. The minimum atomic E-state index is 0.0148. The van der Waals surface area contributed by atoms with Crippen molar-refractivity contribution in [3.63, 3.8) is 0 Å². The summed E-state index contributed by atoms with van der Waals surface area (Å²) in [7, 11) is 0. The van der Waals surface area contributed by atoms with E-state index in [1.54, 1.807) is 0 Å². The van der Waals surface area contributed by atoms with Gasteiger partial charge in [0, 0.05) is 0 Å². The van der Waals surface area contributed by atoms with Gasteiger partial charge in [0.25, 0.3) is 0 Å². The average molecular weight is 319 g/mol. The second-order valence-electron chi connectivity index (χ2n) is 5.87. The van der Waals surface area contributed by atoms with Crippen LogP contribution in [0.15, 0.2) is 66.7 Å². The predicted octanol–water partition coefficient (Wildman–Crippen LogP) is 3.89. The van der Waals surface area contributed by atoms with Crippen LogP contribution in [0.3, 0.4) is 0 Å². The van der Waals surface area contributed by atoms with E-state index in [2.05, 4.69) is 17.4 Å². The predicted molar refractivity (Wildman–Crippen MR) is 97.3 cm³/mol. The van der Waals surface area contributed by atoms with E-state index in [9.17, 15) is 4.79 Å². The van der Waals surface area contributed by atoms with Gasteiger partial charge in [0.2, 0.25) is 5.91 Å². The molecule has 3 nitrogen and oxygen atoms in total. The van der Waals surface area contributed by atoms with Crippen LogP contribution in [0.25, 0.3) is 10.8 Å². The van der Waals surface area contributed by atoms with Gasteiger partial charge in [-0.1, -0.05) is 60.2 Å². The van der Waals surface area contributed by atoms with Crippen molar-refractivity contribution in [2.75, 3.05) is 13.2 Å². The van der Waals surface area contributed by atoms with Crippen LogP contribution in [-0.2, 0) is 11.2 Å². The Morgan fingerprint density at radius 3 is 2.50 bits per heavy atom. The lowest BCUT2D eigenvalue weighted by Crippen LogP contribution is -2.29. The van der Waals surface area contributed by atoms with Gasteiger partial charge in [-0.2, -0.15) is 0 Å². The number of fused-ring (bicyclic) bond motifs is 1. The van der Waals surface area contributed by atoms with Crippen LogP contribution in [0.4, 0.5) is 0 Å². The van der Waals surface area contributed by atoms with Crippen molar-refractivity contribution < 1.29 is 9.53 Å². The number of carbonyl (C=O) groups is 1. The maximum atomic E-state index is 11.9. The average Bonchev–Trinajstić information content (AvgIpc) is 2.60. The molecule has 0 heterocycles. The van der Waals surface area contributed by atoms with Gasteiger partial charge >= 0.3 is 0 Å². The summed E-state index contributed by atoms with van der Waals surface area (Å²) in [6.07, 6.45) is 0.399. The van der Waals surface area contributed by atoms with E-state index in [1.165, 1.54) is 10.9 Å². The Hall–Kier alpha value is -2.81. The molecule has 3 rings (SSSR count). The van der Waals surface area contributed by atoms with Crippen molar-refractivity contribution in [2.24, 2.45) is 0 Å². The molecule has 0 atom stereocenters. The number of ether oxygens (including phenoxy) is 1. The van der Waals surface area contributed by atoms with Gasteiger partial charge in [0.15, 0.2) is 0 Å². The van der Waals surface area contributed by atoms with Crippen molar-refractivity contribution in [1.29, 1.82) is 0 Å². The fourth-order valence-corrected chi connectivity index (χ4v) is 2.57. The van der Waals surface area contributed by atoms with Gasteiger partial charge in [-0.3, -0.25) is 4.79 Å². The third kappa shape index (κ3) is 4.35. The highest BCUT2D eigenvalue weighted by molar-refractivity contribution is 5.83. The highest BCUT2D eigenvalue weighted by atomic mass is 16.5. The molecule has 0 aliphatic rings. The Balaban J connectivity index is 1.44. The van der Waals surface area contributed by atoms with E-state index in [0.717, 1.165) is 16.7 Å².